The molecule has 0 heterocycles. The van der Waals surface area contributed by atoms with Crippen LogP contribution in [0, 0.1) is 0 Å². The molecule has 0 fully saturated rings. The molecule has 0 aromatic carbocycles. The number of unbranched alkanes of at least 4 members (excludes halogenated alkanes) is 2. The first-order chi connectivity index (χ1) is 5.81. The van der Waals surface area contributed by atoms with Crippen LogP contribution in [0.3, 0.4) is 0 Å². The zero-order valence-corrected chi connectivity index (χ0v) is 8.84. The molecule has 0 aliphatic rings. The molecule has 0 radical (unpaired) electrons. The molecule has 0 amide bonds. The molecule has 12 heavy (non-hydrogen) atoms. The van der Waals surface area contributed by atoms with Crippen LogP contribution >= 0.6 is 8.03 Å². The summed E-state index contributed by atoms with van der Waals surface area (Å²) in [6.45, 7) is 6.36. The molecule has 0 aromatic rings. The fraction of sp³-hybridized carbons (Fsp3) is 0.778. The molecule has 3 heteroatoms. The van der Waals surface area contributed by atoms with Crippen LogP contribution in [0.2, 0.25) is 0 Å². The minimum absolute atomic E-state index is 0.653. The number of hydrogen-bond acceptors (Lipinski definition) is 2. The molecule has 0 spiro atoms. The minimum Gasteiger partial charge on any atom is -0.330 e. The summed E-state index contributed by atoms with van der Waals surface area (Å²) in [5.41, 5.74) is 0. The SMILES string of the molecule is C=CCC[PH](=O)OCCCCC. The van der Waals surface area contributed by atoms with E-state index < -0.39 is 8.03 Å². The average molecular weight is 190 g/mol. The Morgan fingerprint density at radius 2 is 2.25 bits per heavy atom. The number of hydrogen-bond donors (Lipinski definition) is 0. The molecule has 0 saturated heterocycles. The highest BCUT2D eigenvalue weighted by Crippen LogP contribution is 2.23. The van der Waals surface area contributed by atoms with Gasteiger partial charge < -0.3 is 4.52 Å². The predicted octanol–water partition coefficient (Wildman–Crippen LogP) is 3.24. The Bertz CT molecular complexity index is 134. The quantitative estimate of drug-likeness (QED) is 0.333. The lowest BCUT2D eigenvalue weighted by molar-refractivity contribution is 0.318. The normalized spacial score (nSPS) is 12.8. The van der Waals surface area contributed by atoms with E-state index in [1.54, 1.807) is 6.08 Å². The molecule has 0 N–H and O–H groups in total. The molecular formula is C9H19O2P. The third-order valence-electron chi connectivity index (χ3n) is 1.56. The average Bonchev–Trinajstić information content (AvgIpc) is 2.09. The first-order valence-electron chi connectivity index (χ1n) is 4.57. The molecule has 0 bridgehead atoms. The molecule has 0 rings (SSSR count). The van der Waals surface area contributed by atoms with Gasteiger partial charge in [-0.1, -0.05) is 25.8 Å². The molecule has 1 atom stereocenters. The van der Waals surface area contributed by atoms with Gasteiger partial charge in [0.15, 0.2) is 8.03 Å². The summed E-state index contributed by atoms with van der Waals surface area (Å²) in [7, 11) is -1.75. The van der Waals surface area contributed by atoms with Crippen LogP contribution in [0.4, 0.5) is 0 Å². The molecule has 1 unspecified atom stereocenters. The van der Waals surface area contributed by atoms with Crippen molar-refractivity contribution >= 4 is 8.03 Å². The van der Waals surface area contributed by atoms with Crippen molar-refractivity contribution in [3.05, 3.63) is 12.7 Å². The van der Waals surface area contributed by atoms with Gasteiger partial charge in [-0.15, -0.1) is 6.58 Å². The smallest absolute Gasteiger partial charge is 0.191 e. The second-order valence-electron chi connectivity index (χ2n) is 2.75. The Balaban J connectivity index is 3.13. The number of allylic oxidation sites excluding steroid dienone is 1. The fourth-order valence-electron chi connectivity index (χ4n) is 0.830. The van der Waals surface area contributed by atoms with Gasteiger partial charge in [-0.05, 0) is 12.8 Å². The van der Waals surface area contributed by atoms with E-state index >= 15 is 0 Å². The van der Waals surface area contributed by atoms with Gasteiger partial charge in [0.2, 0.25) is 0 Å². The Hall–Kier alpha value is -0.0700. The molecule has 72 valence electrons. The zero-order valence-electron chi connectivity index (χ0n) is 7.84. The van der Waals surface area contributed by atoms with E-state index in [1.165, 1.54) is 6.42 Å². The van der Waals surface area contributed by atoms with Gasteiger partial charge in [-0.2, -0.15) is 0 Å². The Kier molecular flexibility index (Phi) is 8.97. The first-order valence-corrected chi connectivity index (χ1v) is 6.10. The maximum absolute atomic E-state index is 11.1. The van der Waals surface area contributed by atoms with Gasteiger partial charge in [0.1, 0.15) is 0 Å². The van der Waals surface area contributed by atoms with Gasteiger partial charge in [0.05, 0.1) is 6.61 Å². The lowest BCUT2D eigenvalue weighted by Gasteiger charge is -2.01. The summed E-state index contributed by atoms with van der Waals surface area (Å²) in [5, 5.41) is 0. The fourth-order valence-corrected chi connectivity index (χ4v) is 1.79. The molecule has 0 saturated carbocycles. The van der Waals surface area contributed by atoms with Crippen molar-refractivity contribution in [3.8, 4) is 0 Å². The van der Waals surface area contributed by atoms with Crippen molar-refractivity contribution in [2.45, 2.75) is 32.6 Å². The first kappa shape index (κ1) is 11.9. The summed E-state index contributed by atoms with van der Waals surface area (Å²) in [6.07, 6.45) is 6.60. The summed E-state index contributed by atoms with van der Waals surface area (Å²) in [6, 6.07) is 0. The Labute approximate surface area is 75.9 Å². The van der Waals surface area contributed by atoms with Gasteiger partial charge >= 0.3 is 0 Å². The Morgan fingerprint density at radius 1 is 1.50 bits per heavy atom. The van der Waals surface area contributed by atoms with E-state index in [1.807, 2.05) is 0 Å². The standard InChI is InChI=1S/C9H19O2P/c1-3-5-7-8-11-12(10)9-6-4-2/h4,12H,2-3,5-9H2,1H3. The van der Waals surface area contributed by atoms with Crippen molar-refractivity contribution < 1.29 is 9.09 Å². The van der Waals surface area contributed by atoms with Crippen molar-refractivity contribution in [3.63, 3.8) is 0 Å². The molecular weight excluding hydrogens is 171 g/mol. The highest BCUT2D eigenvalue weighted by Gasteiger charge is 1.96. The van der Waals surface area contributed by atoms with E-state index in [9.17, 15) is 4.57 Å². The zero-order chi connectivity index (χ0) is 9.23. The van der Waals surface area contributed by atoms with Gasteiger partial charge in [-0.3, -0.25) is 4.57 Å². The lowest BCUT2D eigenvalue weighted by Crippen LogP contribution is -1.88. The van der Waals surface area contributed by atoms with Crippen LogP contribution in [0.15, 0.2) is 12.7 Å². The Morgan fingerprint density at radius 3 is 2.83 bits per heavy atom. The van der Waals surface area contributed by atoms with Gasteiger partial charge in [0.25, 0.3) is 0 Å². The van der Waals surface area contributed by atoms with Crippen LogP contribution in [-0.2, 0) is 9.09 Å². The molecule has 2 nitrogen and oxygen atoms in total. The molecule has 0 aromatic heterocycles. The minimum atomic E-state index is -1.75. The second kappa shape index (κ2) is 9.02. The summed E-state index contributed by atoms with van der Waals surface area (Å²) < 4.78 is 16.2. The van der Waals surface area contributed by atoms with Gasteiger partial charge in [-0.25, -0.2) is 0 Å². The van der Waals surface area contributed by atoms with Crippen molar-refractivity contribution in [1.29, 1.82) is 0 Å². The van der Waals surface area contributed by atoms with Crippen LogP contribution in [0.1, 0.15) is 32.6 Å². The molecule has 0 aliphatic heterocycles. The van der Waals surface area contributed by atoms with Crippen molar-refractivity contribution in [2.24, 2.45) is 0 Å². The van der Waals surface area contributed by atoms with E-state index in [0.717, 1.165) is 19.3 Å². The van der Waals surface area contributed by atoms with Crippen molar-refractivity contribution in [2.75, 3.05) is 12.8 Å². The van der Waals surface area contributed by atoms with E-state index in [-0.39, 0.29) is 0 Å². The highest BCUT2D eigenvalue weighted by atomic mass is 31.1. The third-order valence-corrected chi connectivity index (χ3v) is 2.79. The molecule has 0 aliphatic carbocycles. The predicted molar refractivity (Wildman–Crippen MR) is 54.2 cm³/mol. The maximum Gasteiger partial charge on any atom is 0.191 e. The monoisotopic (exact) mass is 190 g/mol. The van der Waals surface area contributed by atoms with Crippen molar-refractivity contribution in [1.82, 2.24) is 0 Å². The van der Waals surface area contributed by atoms with Crippen LogP contribution in [0.5, 0.6) is 0 Å². The van der Waals surface area contributed by atoms with Gasteiger partial charge in [0, 0.05) is 6.16 Å². The largest absolute Gasteiger partial charge is 0.330 e. The van der Waals surface area contributed by atoms with Crippen LogP contribution in [0.25, 0.3) is 0 Å². The lowest BCUT2D eigenvalue weighted by atomic mass is 10.3. The number of rotatable bonds is 8. The third kappa shape index (κ3) is 8.03. The van der Waals surface area contributed by atoms with Crippen LogP contribution in [-0.4, -0.2) is 12.8 Å². The van der Waals surface area contributed by atoms with E-state index in [0.29, 0.717) is 12.8 Å². The summed E-state index contributed by atoms with van der Waals surface area (Å²) in [5.74, 6) is 0. The highest BCUT2D eigenvalue weighted by molar-refractivity contribution is 7.39. The van der Waals surface area contributed by atoms with E-state index in [2.05, 4.69) is 13.5 Å². The topological polar surface area (TPSA) is 26.3 Å². The summed E-state index contributed by atoms with van der Waals surface area (Å²) >= 11 is 0. The maximum atomic E-state index is 11.1. The van der Waals surface area contributed by atoms with Crippen LogP contribution < -0.4 is 0 Å². The van der Waals surface area contributed by atoms with E-state index in [4.69, 9.17) is 4.52 Å². The summed E-state index contributed by atoms with van der Waals surface area (Å²) in [4.78, 5) is 0. The second-order valence-corrected chi connectivity index (χ2v) is 4.29.